The number of esters is 1. The number of hydrogen-bond acceptors (Lipinski definition) is 5. The average molecular weight is 279 g/mol. The minimum atomic E-state index is -0.476. The summed E-state index contributed by atoms with van der Waals surface area (Å²) in [5, 5.41) is 8.94. The van der Waals surface area contributed by atoms with Crippen LogP contribution in [-0.4, -0.2) is 28.8 Å². The van der Waals surface area contributed by atoms with Gasteiger partial charge in [0.15, 0.2) is 5.69 Å². The molecule has 1 N–H and O–H groups in total. The summed E-state index contributed by atoms with van der Waals surface area (Å²) in [6.07, 6.45) is 1.73. The van der Waals surface area contributed by atoms with E-state index in [-0.39, 0.29) is 5.91 Å². The summed E-state index contributed by atoms with van der Waals surface area (Å²) >= 11 is 1.26. The summed E-state index contributed by atoms with van der Waals surface area (Å²) in [5.74, 6) is -0.824. The first kappa shape index (κ1) is 13.3. The summed E-state index contributed by atoms with van der Waals surface area (Å²) < 4.78 is 6.30. The van der Waals surface area contributed by atoms with E-state index < -0.39 is 5.97 Å². The predicted octanol–water partition coefficient (Wildman–Crippen LogP) is 2.00. The number of carbonyl (C=O) groups is 2. The molecule has 0 aliphatic carbocycles. The fraction of sp³-hybridized carbons (Fsp3) is 0.250. The second-order valence-electron chi connectivity index (χ2n) is 3.67. The first-order valence-electron chi connectivity index (χ1n) is 5.66. The second-order valence-corrected chi connectivity index (χ2v) is 4.58. The van der Waals surface area contributed by atoms with Gasteiger partial charge in [-0.1, -0.05) is 0 Å². The van der Waals surface area contributed by atoms with Gasteiger partial charge in [0.05, 0.1) is 12.7 Å². The number of methoxy groups -OCH3 is 1. The number of hydrogen-bond donors (Lipinski definition) is 1. The monoisotopic (exact) mass is 279 g/mol. The number of rotatable bonds is 4. The largest absolute Gasteiger partial charge is 0.465 e. The van der Waals surface area contributed by atoms with E-state index in [2.05, 4.69) is 15.2 Å². The van der Waals surface area contributed by atoms with E-state index in [1.54, 1.807) is 28.4 Å². The van der Waals surface area contributed by atoms with Gasteiger partial charge in [-0.05, 0) is 24.4 Å². The molecule has 0 saturated carbocycles. The van der Waals surface area contributed by atoms with Gasteiger partial charge in [-0.3, -0.25) is 9.48 Å². The minimum Gasteiger partial charge on any atom is -0.465 e. The summed E-state index contributed by atoms with van der Waals surface area (Å²) in [6.45, 7) is 2.63. The number of nitrogens with zero attached hydrogens (tertiary/aromatic N) is 2. The number of aryl methyl sites for hydroxylation is 1. The zero-order valence-electron chi connectivity index (χ0n) is 10.5. The summed E-state index contributed by atoms with van der Waals surface area (Å²) in [6, 6.07) is 3.24. The normalized spacial score (nSPS) is 10.2. The molecule has 2 heterocycles. The molecule has 0 atom stereocenters. The van der Waals surface area contributed by atoms with Crippen molar-refractivity contribution in [3.63, 3.8) is 0 Å². The first-order chi connectivity index (χ1) is 9.15. The van der Waals surface area contributed by atoms with Gasteiger partial charge in [-0.15, -0.1) is 11.3 Å². The molecule has 2 aromatic rings. The zero-order valence-corrected chi connectivity index (χ0v) is 11.4. The molecule has 0 aliphatic rings. The van der Waals surface area contributed by atoms with Crippen molar-refractivity contribution < 1.29 is 14.3 Å². The van der Waals surface area contributed by atoms with E-state index in [0.717, 1.165) is 0 Å². The van der Waals surface area contributed by atoms with E-state index in [9.17, 15) is 9.59 Å². The Labute approximate surface area is 114 Å². The fourth-order valence-corrected chi connectivity index (χ4v) is 2.27. The van der Waals surface area contributed by atoms with Gasteiger partial charge >= 0.3 is 5.97 Å². The highest BCUT2D eigenvalue weighted by atomic mass is 32.1. The van der Waals surface area contributed by atoms with Crippen molar-refractivity contribution >= 4 is 28.2 Å². The number of amides is 1. The number of anilines is 1. The lowest BCUT2D eigenvalue weighted by atomic mass is 10.3. The SMILES string of the molecule is CCn1ccc(C(=O)Nc2sccc2C(=O)OC)n1. The van der Waals surface area contributed by atoms with Crippen molar-refractivity contribution in [3.8, 4) is 0 Å². The second kappa shape index (κ2) is 5.66. The van der Waals surface area contributed by atoms with Crippen LogP contribution in [0.3, 0.4) is 0 Å². The minimum absolute atomic E-state index is 0.311. The molecule has 0 aliphatic heterocycles. The van der Waals surface area contributed by atoms with Crippen LogP contribution >= 0.6 is 11.3 Å². The Balaban J connectivity index is 2.15. The Morgan fingerprint density at radius 1 is 1.47 bits per heavy atom. The van der Waals surface area contributed by atoms with Crippen molar-refractivity contribution in [3.05, 3.63) is 35.0 Å². The van der Waals surface area contributed by atoms with Gasteiger partial charge in [0.1, 0.15) is 5.00 Å². The topological polar surface area (TPSA) is 73.2 Å². The first-order valence-corrected chi connectivity index (χ1v) is 6.54. The van der Waals surface area contributed by atoms with E-state index in [1.807, 2.05) is 6.92 Å². The van der Waals surface area contributed by atoms with Crippen molar-refractivity contribution in [1.29, 1.82) is 0 Å². The van der Waals surface area contributed by atoms with E-state index >= 15 is 0 Å². The molecule has 2 rings (SSSR count). The molecule has 0 spiro atoms. The molecule has 2 aromatic heterocycles. The van der Waals surface area contributed by atoms with Crippen molar-refractivity contribution in [1.82, 2.24) is 9.78 Å². The van der Waals surface area contributed by atoms with Crippen LogP contribution in [0.4, 0.5) is 5.00 Å². The van der Waals surface area contributed by atoms with Crippen LogP contribution in [0.5, 0.6) is 0 Å². The lowest BCUT2D eigenvalue weighted by Crippen LogP contribution is -2.14. The van der Waals surface area contributed by atoms with Crippen LogP contribution < -0.4 is 5.32 Å². The van der Waals surface area contributed by atoms with Gasteiger partial charge in [0, 0.05) is 12.7 Å². The Kier molecular flexibility index (Phi) is 3.96. The van der Waals surface area contributed by atoms with Gasteiger partial charge in [0.25, 0.3) is 5.91 Å². The van der Waals surface area contributed by atoms with Gasteiger partial charge in [0.2, 0.25) is 0 Å². The zero-order chi connectivity index (χ0) is 13.8. The molecule has 0 saturated heterocycles. The van der Waals surface area contributed by atoms with Crippen molar-refractivity contribution in [2.24, 2.45) is 0 Å². The Morgan fingerprint density at radius 2 is 2.26 bits per heavy atom. The Hall–Kier alpha value is -2.15. The fourth-order valence-electron chi connectivity index (χ4n) is 1.50. The lowest BCUT2D eigenvalue weighted by molar-refractivity contribution is 0.0602. The molecule has 0 radical (unpaired) electrons. The molecular formula is C12H13N3O3S. The highest BCUT2D eigenvalue weighted by Crippen LogP contribution is 2.24. The molecule has 7 heteroatoms. The molecule has 6 nitrogen and oxygen atoms in total. The van der Waals surface area contributed by atoms with Gasteiger partial charge < -0.3 is 10.1 Å². The highest BCUT2D eigenvalue weighted by Gasteiger charge is 2.17. The number of aromatic nitrogens is 2. The maximum absolute atomic E-state index is 12.0. The summed E-state index contributed by atoms with van der Waals surface area (Å²) in [5.41, 5.74) is 0.654. The van der Waals surface area contributed by atoms with Crippen LogP contribution in [0.2, 0.25) is 0 Å². The number of ether oxygens (including phenoxy) is 1. The van der Waals surface area contributed by atoms with Crippen LogP contribution in [0.25, 0.3) is 0 Å². The Morgan fingerprint density at radius 3 is 2.89 bits per heavy atom. The van der Waals surface area contributed by atoms with Gasteiger partial charge in [-0.25, -0.2) is 4.79 Å². The molecule has 0 unspecified atom stereocenters. The van der Waals surface area contributed by atoms with E-state index in [4.69, 9.17) is 0 Å². The summed E-state index contributed by atoms with van der Waals surface area (Å²) in [4.78, 5) is 23.4. The third kappa shape index (κ3) is 2.82. The van der Waals surface area contributed by atoms with Crippen LogP contribution in [0, 0.1) is 0 Å². The lowest BCUT2D eigenvalue weighted by Gasteiger charge is -2.03. The smallest absolute Gasteiger partial charge is 0.340 e. The van der Waals surface area contributed by atoms with Crippen LogP contribution in [0.15, 0.2) is 23.7 Å². The predicted molar refractivity (Wildman–Crippen MR) is 71.5 cm³/mol. The Bertz CT molecular complexity index is 603. The molecule has 1 amide bonds. The van der Waals surface area contributed by atoms with Crippen LogP contribution in [-0.2, 0) is 11.3 Å². The van der Waals surface area contributed by atoms with Crippen LogP contribution in [0.1, 0.15) is 27.8 Å². The molecule has 19 heavy (non-hydrogen) atoms. The number of carbonyl (C=O) groups excluding carboxylic acids is 2. The summed E-state index contributed by atoms with van der Waals surface area (Å²) in [7, 11) is 1.30. The molecule has 0 aromatic carbocycles. The van der Waals surface area contributed by atoms with Gasteiger partial charge in [-0.2, -0.15) is 5.10 Å². The van der Waals surface area contributed by atoms with E-state index in [0.29, 0.717) is 22.8 Å². The molecular weight excluding hydrogens is 266 g/mol. The molecule has 0 fully saturated rings. The maximum Gasteiger partial charge on any atom is 0.340 e. The average Bonchev–Trinajstić information content (AvgIpc) is 3.06. The van der Waals surface area contributed by atoms with Crippen molar-refractivity contribution in [2.75, 3.05) is 12.4 Å². The van der Waals surface area contributed by atoms with E-state index in [1.165, 1.54) is 18.4 Å². The third-order valence-electron chi connectivity index (χ3n) is 2.49. The molecule has 100 valence electrons. The number of nitrogens with one attached hydrogen (secondary N) is 1. The quantitative estimate of drug-likeness (QED) is 0.869. The number of thiophene rings is 1. The highest BCUT2D eigenvalue weighted by molar-refractivity contribution is 7.14. The standard InChI is InChI=1S/C12H13N3O3S/c1-3-15-6-4-9(14-15)10(16)13-11-8(5-7-19-11)12(17)18-2/h4-7H,3H2,1-2H3,(H,13,16). The third-order valence-corrected chi connectivity index (χ3v) is 3.32. The van der Waals surface area contributed by atoms with Crippen molar-refractivity contribution in [2.45, 2.75) is 13.5 Å². The maximum atomic E-state index is 12.0. The molecule has 0 bridgehead atoms.